The first-order valence-electron chi connectivity index (χ1n) is 8.26. The van der Waals surface area contributed by atoms with Gasteiger partial charge in [0.25, 0.3) is 0 Å². The number of thioether (sulfide) groups is 1. The van der Waals surface area contributed by atoms with Crippen LogP contribution < -0.4 is 0 Å². The lowest BCUT2D eigenvalue weighted by Gasteiger charge is -2.14. The van der Waals surface area contributed by atoms with Crippen LogP contribution in [0.5, 0.6) is 0 Å². The van der Waals surface area contributed by atoms with Crippen molar-refractivity contribution in [3.8, 4) is 10.7 Å². The molecule has 1 aliphatic heterocycles. The van der Waals surface area contributed by atoms with Crippen molar-refractivity contribution < 1.29 is 4.74 Å². The molecule has 25 heavy (non-hydrogen) atoms. The molecule has 0 bridgehead atoms. The van der Waals surface area contributed by atoms with Gasteiger partial charge < -0.3 is 4.74 Å². The predicted molar refractivity (Wildman–Crippen MR) is 103 cm³/mol. The van der Waals surface area contributed by atoms with Crippen molar-refractivity contribution >= 4 is 34.7 Å². The van der Waals surface area contributed by atoms with Crippen LogP contribution in [0, 0.1) is 0 Å². The van der Waals surface area contributed by atoms with E-state index in [1.54, 1.807) is 23.1 Å². The van der Waals surface area contributed by atoms with Crippen LogP contribution in [0.3, 0.4) is 0 Å². The van der Waals surface area contributed by atoms with Gasteiger partial charge in [-0.15, -0.1) is 21.5 Å². The van der Waals surface area contributed by atoms with Gasteiger partial charge >= 0.3 is 0 Å². The van der Waals surface area contributed by atoms with Crippen molar-refractivity contribution in [2.75, 3.05) is 6.61 Å². The molecule has 0 N–H and O–H groups in total. The van der Waals surface area contributed by atoms with E-state index in [0.717, 1.165) is 58.2 Å². The lowest BCUT2D eigenvalue weighted by atomic mass is 10.2. The van der Waals surface area contributed by atoms with Gasteiger partial charge in [0.15, 0.2) is 11.0 Å². The van der Waals surface area contributed by atoms with Gasteiger partial charge in [-0.2, -0.15) is 0 Å². The molecule has 3 aromatic rings. The molecule has 4 nitrogen and oxygen atoms in total. The van der Waals surface area contributed by atoms with Crippen molar-refractivity contribution in [2.24, 2.45) is 0 Å². The molecular formula is C18H18ClN3OS2. The zero-order chi connectivity index (χ0) is 17.1. The van der Waals surface area contributed by atoms with E-state index in [0.29, 0.717) is 0 Å². The Bertz CT molecular complexity index is 829. The molecule has 130 valence electrons. The first-order valence-corrected chi connectivity index (χ1v) is 10.5. The minimum atomic E-state index is 0.245. The summed E-state index contributed by atoms with van der Waals surface area (Å²) in [6, 6.07) is 12.1. The van der Waals surface area contributed by atoms with Crippen LogP contribution in [0.15, 0.2) is 46.9 Å². The Hall–Kier alpha value is -1.34. The highest BCUT2D eigenvalue weighted by Gasteiger charge is 2.22. The van der Waals surface area contributed by atoms with Gasteiger partial charge in [-0.25, -0.2) is 0 Å². The Morgan fingerprint density at radius 1 is 1.24 bits per heavy atom. The highest BCUT2D eigenvalue weighted by molar-refractivity contribution is 7.98. The summed E-state index contributed by atoms with van der Waals surface area (Å²) in [4.78, 5) is 1.13. The molecule has 1 fully saturated rings. The Morgan fingerprint density at radius 3 is 2.92 bits per heavy atom. The van der Waals surface area contributed by atoms with Gasteiger partial charge in [-0.05, 0) is 35.9 Å². The molecule has 1 aromatic carbocycles. The van der Waals surface area contributed by atoms with Gasteiger partial charge in [-0.1, -0.05) is 47.6 Å². The smallest absolute Gasteiger partial charge is 0.191 e. The molecule has 0 spiro atoms. The zero-order valence-corrected chi connectivity index (χ0v) is 16.0. The average Bonchev–Trinajstić information content (AvgIpc) is 3.37. The predicted octanol–water partition coefficient (Wildman–Crippen LogP) is 5.13. The molecule has 0 saturated carbocycles. The minimum absolute atomic E-state index is 0.245. The van der Waals surface area contributed by atoms with Crippen molar-refractivity contribution in [3.05, 3.63) is 52.4 Å². The molecule has 0 radical (unpaired) electrons. The molecule has 1 unspecified atom stereocenters. The van der Waals surface area contributed by atoms with Crippen LogP contribution in [-0.2, 0) is 17.0 Å². The molecule has 3 heterocycles. The normalized spacial score (nSPS) is 17.2. The maximum Gasteiger partial charge on any atom is 0.191 e. The number of ether oxygens (including phenoxy) is 1. The second-order valence-electron chi connectivity index (χ2n) is 5.91. The lowest BCUT2D eigenvalue weighted by Crippen LogP contribution is -2.16. The largest absolute Gasteiger partial charge is 0.376 e. The molecule has 1 atom stereocenters. The molecule has 0 amide bonds. The van der Waals surface area contributed by atoms with Crippen molar-refractivity contribution in [1.82, 2.24) is 14.8 Å². The Labute approximate surface area is 160 Å². The van der Waals surface area contributed by atoms with E-state index in [1.807, 2.05) is 24.3 Å². The van der Waals surface area contributed by atoms with Gasteiger partial charge in [0.2, 0.25) is 0 Å². The number of aromatic nitrogens is 3. The Balaban J connectivity index is 1.59. The van der Waals surface area contributed by atoms with Crippen molar-refractivity contribution in [3.63, 3.8) is 0 Å². The zero-order valence-electron chi connectivity index (χ0n) is 13.6. The first-order chi connectivity index (χ1) is 12.3. The quantitative estimate of drug-likeness (QED) is 0.546. The second-order valence-corrected chi connectivity index (χ2v) is 8.21. The topological polar surface area (TPSA) is 39.9 Å². The highest BCUT2D eigenvalue weighted by atomic mass is 35.5. The third kappa shape index (κ3) is 3.92. The van der Waals surface area contributed by atoms with E-state index >= 15 is 0 Å². The molecule has 2 aromatic heterocycles. The molecule has 0 aliphatic carbocycles. The third-order valence-corrected chi connectivity index (χ3v) is 6.43. The third-order valence-electron chi connectivity index (χ3n) is 4.18. The van der Waals surface area contributed by atoms with Crippen molar-refractivity contribution in [2.45, 2.75) is 36.4 Å². The summed E-state index contributed by atoms with van der Waals surface area (Å²) in [5, 5.41) is 12.7. The van der Waals surface area contributed by atoms with Crippen LogP contribution >= 0.6 is 34.7 Å². The van der Waals surface area contributed by atoms with E-state index in [9.17, 15) is 0 Å². The Morgan fingerprint density at radius 2 is 2.16 bits per heavy atom. The van der Waals surface area contributed by atoms with Gasteiger partial charge in [-0.3, -0.25) is 4.57 Å². The van der Waals surface area contributed by atoms with Crippen molar-refractivity contribution in [1.29, 1.82) is 0 Å². The standard InChI is InChI=1S/C18H18ClN3OS2/c19-15-7-2-1-5-13(15)12-25-18-21-20-17(16-8-4-10-24-16)22(18)11-14-6-3-9-23-14/h1-2,4-5,7-8,10,14H,3,6,9,11-12H2. The fourth-order valence-corrected chi connectivity index (χ4v) is 4.85. The number of nitrogens with zero attached hydrogens (tertiary/aromatic N) is 3. The SMILES string of the molecule is Clc1ccccc1CSc1nnc(-c2cccs2)n1CC1CCCO1. The number of halogens is 1. The highest BCUT2D eigenvalue weighted by Crippen LogP contribution is 2.31. The molecule has 4 rings (SSSR count). The summed E-state index contributed by atoms with van der Waals surface area (Å²) < 4.78 is 8.03. The molecule has 1 saturated heterocycles. The van der Waals surface area contributed by atoms with E-state index in [4.69, 9.17) is 16.3 Å². The van der Waals surface area contributed by atoms with Gasteiger partial charge in [0.1, 0.15) is 0 Å². The van der Waals surface area contributed by atoms with E-state index in [1.165, 1.54) is 0 Å². The maximum atomic E-state index is 6.28. The fourth-order valence-electron chi connectivity index (χ4n) is 2.90. The maximum absolute atomic E-state index is 6.28. The van der Waals surface area contributed by atoms with Gasteiger partial charge in [0, 0.05) is 17.4 Å². The molecule has 7 heteroatoms. The van der Waals surface area contributed by atoms with Gasteiger partial charge in [0.05, 0.1) is 17.5 Å². The summed E-state index contributed by atoms with van der Waals surface area (Å²) in [6.07, 6.45) is 2.47. The van der Waals surface area contributed by atoms with Crippen LogP contribution in [0.25, 0.3) is 10.7 Å². The number of hydrogen-bond donors (Lipinski definition) is 0. The van der Waals surface area contributed by atoms with E-state index in [-0.39, 0.29) is 6.10 Å². The average molecular weight is 392 g/mol. The summed E-state index contributed by atoms with van der Waals surface area (Å²) in [7, 11) is 0. The number of hydrogen-bond acceptors (Lipinski definition) is 5. The summed E-state index contributed by atoms with van der Waals surface area (Å²) in [5.74, 6) is 1.69. The van der Waals surface area contributed by atoms with E-state index in [2.05, 4.69) is 32.3 Å². The van der Waals surface area contributed by atoms with Crippen LogP contribution in [-0.4, -0.2) is 27.5 Å². The Kier molecular flexibility index (Phi) is 5.41. The lowest BCUT2D eigenvalue weighted by molar-refractivity contribution is 0.0953. The summed E-state index contributed by atoms with van der Waals surface area (Å²) >= 11 is 9.63. The van der Waals surface area contributed by atoms with Crippen LogP contribution in [0.4, 0.5) is 0 Å². The monoisotopic (exact) mass is 391 g/mol. The van der Waals surface area contributed by atoms with E-state index < -0.39 is 0 Å². The summed E-state index contributed by atoms with van der Waals surface area (Å²) in [5.41, 5.74) is 1.11. The fraction of sp³-hybridized carbons (Fsp3) is 0.333. The number of rotatable bonds is 6. The number of benzene rings is 1. The first kappa shape index (κ1) is 17.1. The van der Waals surface area contributed by atoms with Crippen LogP contribution in [0.2, 0.25) is 5.02 Å². The number of thiophene rings is 1. The summed E-state index contributed by atoms with van der Waals surface area (Å²) in [6.45, 7) is 1.65. The minimum Gasteiger partial charge on any atom is -0.376 e. The molecular weight excluding hydrogens is 374 g/mol. The molecule has 1 aliphatic rings. The second kappa shape index (κ2) is 7.91. The van der Waals surface area contributed by atoms with Crippen LogP contribution in [0.1, 0.15) is 18.4 Å².